The van der Waals surface area contributed by atoms with Gasteiger partial charge in [0.1, 0.15) is 11.4 Å². The van der Waals surface area contributed by atoms with Gasteiger partial charge in [-0.15, -0.1) is 0 Å². The molecule has 7 nitrogen and oxygen atoms in total. The second kappa shape index (κ2) is 8.99. The molecule has 10 heteroatoms. The Kier molecular flexibility index (Phi) is 6.38. The number of hydrogen-bond donors (Lipinski definition) is 2. The lowest BCUT2D eigenvalue weighted by molar-refractivity contribution is -0.384. The van der Waals surface area contributed by atoms with Crippen LogP contribution < -0.4 is 10.6 Å². The van der Waals surface area contributed by atoms with Crippen molar-refractivity contribution in [2.45, 2.75) is 32.4 Å². The molecule has 0 saturated heterocycles. The minimum atomic E-state index is -4.68. The maximum absolute atomic E-state index is 13.4. The summed E-state index contributed by atoms with van der Waals surface area (Å²) in [6.07, 6.45) is -3.00. The van der Waals surface area contributed by atoms with Gasteiger partial charge in [-0.2, -0.15) is 18.2 Å². The fourth-order valence-corrected chi connectivity index (χ4v) is 2.81. The number of anilines is 4. The molecule has 1 unspecified atom stereocenters. The molecule has 1 aromatic heterocycles. The van der Waals surface area contributed by atoms with Crippen LogP contribution in [0.5, 0.6) is 0 Å². The van der Waals surface area contributed by atoms with Crippen LogP contribution >= 0.6 is 0 Å². The fraction of sp³-hybridized carbons (Fsp3) is 0.238. The lowest BCUT2D eigenvalue weighted by atomic mass is 9.99. The van der Waals surface area contributed by atoms with Crippen LogP contribution in [-0.4, -0.2) is 14.9 Å². The van der Waals surface area contributed by atoms with Crippen LogP contribution in [0.15, 0.2) is 54.7 Å². The molecular weight excluding hydrogens is 411 g/mol. The van der Waals surface area contributed by atoms with Crippen molar-refractivity contribution in [1.82, 2.24) is 9.97 Å². The first-order valence-corrected chi connectivity index (χ1v) is 9.50. The molecule has 3 aromatic rings. The van der Waals surface area contributed by atoms with E-state index in [0.717, 1.165) is 12.0 Å². The summed E-state index contributed by atoms with van der Waals surface area (Å²) in [6, 6.07) is 12.5. The van der Waals surface area contributed by atoms with Crippen LogP contribution in [0, 0.1) is 10.1 Å². The number of rotatable bonds is 7. The van der Waals surface area contributed by atoms with E-state index in [2.05, 4.69) is 34.4 Å². The summed E-state index contributed by atoms with van der Waals surface area (Å²) in [5, 5.41) is 16.2. The molecule has 1 atom stereocenters. The Morgan fingerprint density at radius 2 is 1.61 bits per heavy atom. The van der Waals surface area contributed by atoms with Gasteiger partial charge in [0.2, 0.25) is 5.95 Å². The number of nitrogens with zero attached hydrogens (tertiary/aromatic N) is 3. The highest BCUT2D eigenvalue weighted by atomic mass is 19.4. The predicted octanol–water partition coefficient (Wildman–Crippen LogP) is 6.40. The quantitative estimate of drug-likeness (QED) is 0.332. The normalized spacial score (nSPS) is 12.3. The predicted molar refractivity (Wildman–Crippen MR) is 112 cm³/mol. The van der Waals surface area contributed by atoms with Crippen LogP contribution in [0.2, 0.25) is 0 Å². The van der Waals surface area contributed by atoms with Gasteiger partial charge in [-0.1, -0.05) is 26.0 Å². The Balaban J connectivity index is 1.87. The molecule has 0 aliphatic carbocycles. The monoisotopic (exact) mass is 431 g/mol. The van der Waals surface area contributed by atoms with E-state index < -0.39 is 22.5 Å². The number of hydrogen-bond acceptors (Lipinski definition) is 6. The Bertz CT molecular complexity index is 1050. The van der Waals surface area contributed by atoms with Gasteiger partial charge in [-0.25, -0.2) is 4.98 Å². The molecule has 1 heterocycles. The fourth-order valence-electron chi connectivity index (χ4n) is 2.81. The Labute approximate surface area is 176 Å². The molecule has 2 aromatic carbocycles. The minimum absolute atomic E-state index is 0.0197. The molecule has 0 aliphatic rings. The standard InChI is InChI=1S/C21H20F3N5O2/c1-3-13(2)14-4-6-16(7-5-14)27-20-25-12-18(21(22,23)24)19(28-20)26-15-8-10-17(11-9-15)29(30)31/h4-13H,3H2,1-2H3,(H2,25,26,27,28). The number of alkyl halides is 3. The third-order valence-corrected chi connectivity index (χ3v) is 4.78. The van der Waals surface area contributed by atoms with E-state index in [1.807, 2.05) is 24.3 Å². The van der Waals surface area contributed by atoms with E-state index in [1.165, 1.54) is 24.3 Å². The molecule has 2 N–H and O–H groups in total. The zero-order valence-electron chi connectivity index (χ0n) is 16.8. The third kappa shape index (κ3) is 5.47. The highest BCUT2D eigenvalue weighted by Crippen LogP contribution is 2.35. The van der Waals surface area contributed by atoms with Crippen LogP contribution in [0.4, 0.5) is 42.0 Å². The van der Waals surface area contributed by atoms with Gasteiger partial charge in [-0.3, -0.25) is 10.1 Å². The van der Waals surface area contributed by atoms with E-state index in [1.54, 1.807) is 0 Å². The van der Waals surface area contributed by atoms with Crippen LogP contribution in [0.1, 0.15) is 37.3 Å². The van der Waals surface area contributed by atoms with Crippen LogP contribution in [0.25, 0.3) is 0 Å². The second-order valence-electron chi connectivity index (χ2n) is 6.94. The van der Waals surface area contributed by atoms with Gasteiger partial charge in [0, 0.05) is 29.7 Å². The van der Waals surface area contributed by atoms with E-state index in [9.17, 15) is 23.3 Å². The summed E-state index contributed by atoms with van der Waals surface area (Å²) in [5.41, 5.74) is 0.782. The Morgan fingerprint density at radius 3 is 2.16 bits per heavy atom. The third-order valence-electron chi connectivity index (χ3n) is 4.78. The highest BCUT2D eigenvalue weighted by molar-refractivity contribution is 5.63. The number of nitrogens with one attached hydrogen (secondary N) is 2. The van der Waals surface area contributed by atoms with Crippen molar-refractivity contribution in [2.75, 3.05) is 10.6 Å². The van der Waals surface area contributed by atoms with Crippen LogP contribution in [-0.2, 0) is 6.18 Å². The largest absolute Gasteiger partial charge is 0.421 e. The Morgan fingerprint density at radius 1 is 1.03 bits per heavy atom. The molecule has 0 fully saturated rings. The summed E-state index contributed by atoms with van der Waals surface area (Å²) in [4.78, 5) is 17.9. The number of nitro benzene ring substituents is 1. The van der Waals surface area contributed by atoms with E-state index in [4.69, 9.17) is 0 Å². The van der Waals surface area contributed by atoms with Crippen molar-refractivity contribution in [3.8, 4) is 0 Å². The van der Waals surface area contributed by atoms with Gasteiger partial charge in [-0.05, 0) is 42.2 Å². The van der Waals surface area contributed by atoms with Crippen molar-refractivity contribution in [1.29, 1.82) is 0 Å². The van der Waals surface area contributed by atoms with Crippen molar-refractivity contribution in [3.63, 3.8) is 0 Å². The molecule has 0 aliphatic heterocycles. The SMILES string of the molecule is CCC(C)c1ccc(Nc2ncc(C(F)(F)F)c(Nc3ccc([N+](=O)[O-])cc3)n2)cc1. The van der Waals surface area contributed by atoms with E-state index >= 15 is 0 Å². The van der Waals surface area contributed by atoms with E-state index in [-0.39, 0.29) is 17.3 Å². The van der Waals surface area contributed by atoms with E-state index in [0.29, 0.717) is 17.8 Å². The molecular formula is C21H20F3N5O2. The van der Waals surface area contributed by atoms with Gasteiger partial charge < -0.3 is 10.6 Å². The number of nitro groups is 1. The van der Waals surface area contributed by atoms with Crippen molar-refractivity contribution in [3.05, 3.63) is 76.0 Å². The molecule has 162 valence electrons. The highest BCUT2D eigenvalue weighted by Gasteiger charge is 2.35. The number of halogens is 3. The van der Waals surface area contributed by atoms with Crippen LogP contribution in [0.3, 0.4) is 0 Å². The smallest absolute Gasteiger partial charge is 0.340 e. The first-order chi connectivity index (χ1) is 14.7. The van der Waals surface area contributed by atoms with Gasteiger partial charge in [0.15, 0.2) is 0 Å². The second-order valence-corrected chi connectivity index (χ2v) is 6.94. The molecule has 0 saturated carbocycles. The molecule has 0 amide bonds. The summed E-state index contributed by atoms with van der Waals surface area (Å²) < 4.78 is 40.2. The summed E-state index contributed by atoms with van der Waals surface area (Å²) in [5.74, 6) is -0.0855. The Hall–Kier alpha value is -3.69. The first kappa shape index (κ1) is 22.0. The molecule has 0 bridgehead atoms. The topological polar surface area (TPSA) is 93.0 Å². The zero-order valence-corrected chi connectivity index (χ0v) is 16.8. The van der Waals surface area contributed by atoms with Gasteiger partial charge in [0.25, 0.3) is 5.69 Å². The molecule has 0 radical (unpaired) electrons. The average Bonchev–Trinajstić information content (AvgIpc) is 2.73. The molecule has 31 heavy (non-hydrogen) atoms. The van der Waals surface area contributed by atoms with Gasteiger partial charge in [0.05, 0.1) is 4.92 Å². The maximum atomic E-state index is 13.4. The zero-order chi connectivity index (χ0) is 22.6. The number of non-ortho nitro benzene ring substituents is 1. The summed E-state index contributed by atoms with van der Waals surface area (Å²) in [7, 11) is 0. The van der Waals surface area contributed by atoms with Gasteiger partial charge >= 0.3 is 6.18 Å². The lowest BCUT2D eigenvalue weighted by Gasteiger charge is -2.15. The molecule has 0 spiro atoms. The summed E-state index contributed by atoms with van der Waals surface area (Å²) in [6.45, 7) is 4.20. The lowest BCUT2D eigenvalue weighted by Crippen LogP contribution is -2.12. The number of aromatic nitrogens is 2. The molecule has 3 rings (SSSR count). The van der Waals surface area contributed by atoms with Crippen molar-refractivity contribution in [2.24, 2.45) is 0 Å². The average molecular weight is 431 g/mol. The van der Waals surface area contributed by atoms with Crippen molar-refractivity contribution >= 4 is 28.8 Å². The summed E-state index contributed by atoms with van der Waals surface area (Å²) >= 11 is 0. The minimum Gasteiger partial charge on any atom is -0.340 e. The first-order valence-electron chi connectivity index (χ1n) is 9.50. The number of benzene rings is 2. The van der Waals surface area contributed by atoms with Crippen molar-refractivity contribution < 1.29 is 18.1 Å². The maximum Gasteiger partial charge on any atom is 0.421 e.